The molecule has 30 heavy (non-hydrogen) atoms. The van der Waals surface area contributed by atoms with E-state index in [4.69, 9.17) is 9.47 Å². The molecule has 0 fully saturated rings. The lowest BCUT2D eigenvalue weighted by Crippen LogP contribution is -1.99. The van der Waals surface area contributed by atoms with Crippen molar-refractivity contribution in [3.63, 3.8) is 0 Å². The summed E-state index contributed by atoms with van der Waals surface area (Å²) in [7, 11) is 0. The molecule has 4 rings (SSSR count). The number of hydrogen-bond donors (Lipinski definition) is 0. The van der Waals surface area contributed by atoms with Gasteiger partial charge in [-0.15, -0.1) is 0 Å². The first kappa shape index (κ1) is 19.6. The number of aryl methyl sites for hydroxylation is 1. The Labute approximate surface area is 175 Å². The number of allylic oxidation sites excluding steroid dienone is 1. The first-order chi connectivity index (χ1) is 14.5. The number of pyridine rings is 1. The van der Waals surface area contributed by atoms with Gasteiger partial charge in [-0.1, -0.05) is 55.1 Å². The summed E-state index contributed by atoms with van der Waals surface area (Å²) in [6.45, 7) is 7.81. The summed E-state index contributed by atoms with van der Waals surface area (Å²) in [6.07, 6.45) is 1.67. The van der Waals surface area contributed by atoms with Crippen LogP contribution >= 0.6 is 0 Å². The van der Waals surface area contributed by atoms with Gasteiger partial charge in [-0.2, -0.15) is 0 Å². The molecule has 150 valence electrons. The highest BCUT2D eigenvalue weighted by Gasteiger charge is 2.16. The van der Waals surface area contributed by atoms with Gasteiger partial charge in [0.15, 0.2) is 5.75 Å². The fourth-order valence-corrected chi connectivity index (χ4v) is 3.39. The summed E-state index contributed by atoms with van der Waals surface area (Å²) in [6, 6.07) is 20.8. The van der Waals surface area contributed by atoms with Crippen LogP contribution in [0, 0.1) is 12.7 Å². The number of fused-ring (bicyclic) bond motifs is 1. The topological polar surface area (TPSA) is 31.4 Å². The molecule has 4 aromatic rings. The van der Waals surface area contributed by atoms with E-state index in [1.807, 2.05) is 54.6 Å². The van der Waals surface area contributed by atoms with Gasteiger partial charge in [0.25, 0.3) is 0 Å². The summed E-state index contributed by atoms with van der Waals surface area (Å²) in [5, 5.41) is 0.866. The zero-order chi connectivity index (χ0) is 21.1. The molecule has 0 bridgehead atoms. The molecule has 0 spiro atoms. The van der Waals surface area contributed by atoms with Crippen molar-refractivity contribution in [3.8, 4) is 22.6 Å². The molecule has 0 aliphatic carbocycles. The fraction of sp³-hybridized carbons (Fsp3) is 0.115. The van der Waals surface area contributed by atoms with E-state index < -0.39 is 0 Å². The van der Waals surface area contributed by atoms with Crippen LogP contribution < -0.4 is 9.47 Å². The van der Waals surface area contributed by atoms with E-state index >= 15 is 0 Å². The lowest BCUT2D eigenvalue weighted by molar-refractivity contribution is 0.309. The first-order valence-electron chi connectivity index (χ1n) is 9.71. The summed E-state index contributed by atoms with van der Waals surface area (Å²) in [5.41, 5.74) is 4.04. The second-order valence-corrected chi connectivity index (χ2v) is 7.19. The Bertz CT molecular complexity index is 1220. The van der Waals surface area contributed by atoms with E-state index in [9.17, 15) is 4.39 Å². The van der Waals surface area contributed by atoms with Gasteiger partial charge in [-0.3, -0.25) is 0 Å². The Morgan fingerprint density at radius 2 is 1.80 bits per heavy atom. The molecule has 0 aliphatic heterocycles. The van der Waals surface area contributed by atoms with Crippen molar-refractivity contribution in [1.29, 1.82) is 0 Å². The lowest BCUT2D eigenvalue weighted by Gasteiger charge is -2.16. The molecule has 3 nitrogen and oxygen atoms in total. The van der Waals surface area contributed by atoms with Crippen LogP contribution in [0.4, 0.5) is 4.39 Å². The lowest BCUT2D eigenvalue weighted by atomic mass is 9.98. The van der Waals surface area contributed by atoms with Crippen LogP contribution in [0.25, 0.3) is 22.0 Å². The second kappa shape index (κ2) is 8.37. The van der Waals surface area contributed by atoms with Crippen molar-refractivity contribution >= 4 is 10.9 Å². The normalized spacial score (nSPS) is 10.8. The maximum Gasteiger partial charge on any atom is 0.153 e. The second-order valence-electron chi connectivity index (χ2n) is 7.19. The van der Waals surface area contributed by atoms with E-state index in [0.29, 0.717) is 29.4 Å². The standard InChI is InChI=1S/C26H22FNO2/c1-17(2)30-24-15-28-26-21(25(24)20-12-13-22(27)18(3)14-20)10-7-11-23(26)29-16-19-8-5-4-6-9-19/h4-15H,1,16H2,2-3H3. The molecule has 1 aromatic heterocycles. The Kier molecular flexibility index (Phi) is 5.48. The minimum atomic E-state index is -0.244. The summed E-state index contributed by atoms with van der Waals surface area (Å²) in [5.74, 6) is 1.55. The largest absolute Gasteiger partial charge is 0.487 e. The van der Waals surface area contributed by atoms with Gasteiger partial charge in [-0.05, 0) is 48.7 Å². The number of halogens is 1. The molecule has 3 aromatic carbocycles. The molecular formula is C26H22FNO2. The van der Waals surface area contributed by atoms with Gasteiger partial charge in [-0.25, -0.2) is 9.37 Å². The first-order valence-corrected chi connectivity index (χ1v) is 9.71. The minimum absolute atomic E-state index is 0.244. The molecule has 0 saturated carbocycles. The van der Waals surface area contributed by atoms with Crippen molar-refractivity contribution in [2.45, 2.75) is 20.5 Å². The van der Waals surface area contributed by atoms with E-state index in [0.717, 1.165) is 27.6 Å². The average molecular weight is 399 g/mol. The number of para-hydroxylation sites is 1. The molecule has 0 N–H and O–H groups in total. The van der Waals surface area contributed by atoms with E-state index in [1.54, 1.807) is 26.1 Å². The van der Waals surface area contributed by atoms with Crippen molar-refractivity contribution < 1.29 is 13.9 Å². The average Bonchev–Trinajstić information content (AvgIpc) is 2.74. The SMILES string of the molecule is C=C(C)Oc1cnc2c(OCc3ccccc3)cccc2c1-c1ccc(F)c(C)c1. The third-order valence-corrected chi connectivity index (χ3v) is 4.79. The Hall–Kier alpha value is -3.66. The monoisotopic (exact) mass is 399 g/mol. The third kappa shape index (κ3) is 4.03. The molecule has 0 amide bonds. The molecule has 0 saturated heterocycles. The number of rotatable bonds is 6. The fourth-order valence-electron chi connectivity index (χ4n) is 3.39. The molecule has 0 atom stereocenters. The van der Waals surface area contributed by atoms with Crippen LogP contribution in [0.5, 0.6) is 11.5 Å². The highest BCUT2D eigenvalue weighted by molar-refractivity contribution is 6.00. The van der Waals surface area contributed by atoms with Crippen LogP contribution in [0.2, 0.25) is 0 Å². The number of nitrogens with zero attached hydrogens (tertiary/aromatic N) is 1. The summed E-state index contributed by atoms with van der Waals surface area (Å²) >= 11 is 0. The van der Waals surface area contributed by atoms with Crippen molar-refractivity contribution in [2.75, 3.05) is 0 Å². The van der Waals surface area contributed by atoms with E-state index in [1.165, 1.54) is 6.07 Å². The van der Waals surface area contributed by atoms with E-state index in [2.05, 4.69) is 11.6 Å². The maximum absolute atomic E-state index is 13.9. The van der Waals surface area contributed by atoms with Gasteiger partial charge >= 0.3 is 0 Å². The highest BCUT2D eigenvalue weighted by Crippen LogP contribution is 2.40. The van der Waals surface area contributed by atoms with Crippen molar-refractivity contribution in [1.82, 2.24) is 4.98 Å². The quantitative estimate of drug-likeness (QED) is 0.333. The zero-order valence-electron chi connectivity index (χ0n) is 17.0. The maximum atomic E-state index is 13.9. The van der Waals surface area contributed by atoms with Gasteiger partial charge in [0, 0.05) is 10.9 Å². The van der Waals surface area contributed by atoms with Crippen molar-refractivity contribution in [3.05, 3.63) is 102 Å². The number of benzene rings is 3. The molecule has 4 heteroatoms. The van der Waals surface area contributed by atoms with Crippen LogP contribution in [0.3, 0.4) is 0 Å². The molecule has 0 aliphatic rings. The van der Waals surface area contributed by atoms with E-state index in [-0.39, 0.29) is 5.82 Å². The molecular weight excluding hydrogens is 377 g/mol. The van der Waals surface area contributed by atoms with Gasteiger partial charge < -0.3 is 9.47 Å². The van der Waals surface area contributed by atoms with Gasteiger partial charge in [0.1, 0.15) is 23.7 Å². The predicted octanol–water partition coefficient (Wildman–Crippen LogP) is 6.84. The molecule has 0 unspecified atom stereocenters. The summed E-state index contributed by atoms with van der Waals surface area (Å²) < 4.78 is 25.8. The van der Waals surface area contributed by atoms with Crippen LogP contribution in [0.1, 0.15) is 18.1 Å². The highest BCUT2D eigenvalue weighted by atomic mass is 19.1. The van der Waals surface area contributed by atoms with Crippen LogP contribution in [-0.2, 0) is 6.61 Å². The zero-order valence-corrected chi connectivity index (χ0v) is 17.0. The smallest absolute Gasteiger partial charge is 0.153 e. The number of ether oxygens (including phenoxy) is 2. The third-order valence-electron chi connectivity index (χ3n) is 4.79. The Morgan fingerprint density at radius 1 is 1.00 bits per heavy atom. The van der Waals surface area contributed by atoms with Crippen molar-refractivity contribution in [2.24, 2.45) is 0 Å². The van der Waals surface area contributed by atoms with Crippen LogP contribution in [0.15, 0.2) is 85.3 Å². The Morgan fingerprint density at radius 3 is 2.53 bits per heavy atom. The number of aromatic nitrogens is 1. The Balaban J connectivity index is 1.84. The minimum Gasteiger partial charge on any atom is -0.487 e. The summed E-state index contributed by atoms with van der Waals surface area (Å²) in [4.78, 5) is 4.61. The van der Waals surface area contributed by atoms with Gasteiger partial charge in [0.2, 0.25) is 0 Å². The van der Waals surface area contributed by atoms with Gasteiger partial charge in [0.05, 0.1) is 12.0 Å². The van der Waals surface area contributed by atoms with Crippen LogP contribution in [-0.4, -0.2) is 4.98 Å². The molecule has 1 heterocycles. The number of hydrogen-bond acceptors (Lipinski definition) is 3. The molecule has 0 radical (unpaired) electrons. The predicted molar refractivity (Wildman–Crippen MR) is 118 cm³/mol.